The van der Waals surface area contributed by atoms with Crippen molar-refractivity contribution in [3.05, 3.63) is 29.8 Å². The van der Waals surface area contributed by atoms with Gasteiger partial charge in [0.25, 0.3) is 10.0 Å². The second kappa shape index (κ2) is 9.03. The third kappa shape index (κ3) is 4.68. The van der Waals surface area contributed by atoms with Crippen LogP contribution in [0.25, 0.3) is 0 Å². The standard InChI is InChI=1S/C21H30N4O4S/c1-16(22-20-18-4-2-3-5-19(18)30(27,28)23-20)21(26)25-10-7-17(8-11-25)6-9-24-12-14-29-15-13-24/h2-5,16-17H,6-15H2,1H3,(H,22,23)/t16-/m0/s1. The SMILES string of the molecule is C[C@H](N=C1NS(=O)(=O)c2ccccc21)C(=O)N1CCC(CCN2CCOCC2)CC1. The number of sulfonamides is 1. The maximum atomic E-state index is 12.9. The fourth-order valence-electron chi connectivity index (χ4n) is 4.37. The summed E-state index contributed by atoms with van der Waals surface area (Å²) in [7, 11) is -3.59. The van der Waals surface area contributed by atoms with Crippen LogP contribution in [-0.2, 0) is 19.6 Å². The molecule has 3 aliphatic heterocycles. The summed E-state index contributed by atoms with van der Waals surface area (Å²) in [6.45, 7) is 8.00. The molecule has 30 heavy (non-hydrogen) atoms. The van der Waals surface area contributed by atoms with E-state index in [4.69, 9.17) is 4.74 Å². The number of morpholine rings is 1. The van der Waals surface area contributed by atoms with Crippen LogP contribution in [0, 0.1) is 5.92 Å². The van der Waals surface area contributed by atoms with Crippen LogP contribution in [0.15, 0.2) is 34.2 Å². The van der Waals surface area contributed by atoms with Crippen molar-refractivity contribution in [2.24, 2.45) is 10.9 Å². The van der Waals surface area contributed by atoms with Crippen molar-refractivity contribution >= 4 is 21.8 Å². The quantitative estimate of drug-likeness (QED) is 0.749. The Morgan fingerprint density at radius 1 is 1.20 bits per heavy atom. The monoisotopic (exact) mass is 434 g/mol. The van der Waals surface area contributed by atoms with Crippen molar-refractivity contribution in [1.29, 1.82) is 0 Å². The van der Waals surface area contributed by atoms with Crippen LogP contribution in [0.4, 0.5) is 0 Å². The van der Waals surface area contributed by atoms with Gasteiger partial charge in [-0.3, -0.25) is 19.4 Å². The molecule has 0 aromatic heterocycles. The maximum Gasteiger partial charge on any atom is 0.263 e. The Morgan fingerprint density at radius 3 is 2.63 bits per heavy atom. The van der Waals surface area contributed by atoms with E-state index in [-0.39, 0.29) is 16.6 Å². The molecular formula is C21H30N4O4S. The molecule has 1 aromatic rings. The van der Waals surface area contributed by atoms with Crippen LogP contribution in [0.3, 0.4) is 0 Å². The molecule has 2 saturated heterocycles. The number of amidine groups is 1. The topological polar surface area (TPSA) is 91.3 Å². The van der Waals surface area contributed by atoms with E-state index in [2.05, 4.69) is 14.6 Å². The summed E-state index contributed by atoms with van der Waals surface area (Å²) in [6.07, 6.45) is 3.18. The van der Waals surface area contributed by atoms with Crippen LogP contribution >= 0.6 is 0 Å². The molecule has 1 aromatic carbocycles. The van der Waals surface area contributed by atoms with Gasteiger partial charge in [-0.15, -0.1) is 0 Å². The van der Waals surface area contributed by atoms with Crippen molar-refractivity contribution in [3.8, 4) is 0 Å². The zero-order chi connectivity index (χ0) is 21.1. The van der Waals surface area contributed by atoms with Crippen molar-refractivity contribution in [3.63, 3.8) is 0 Å². The van der Waals surface area contributed by atoms with Crippen molar-refractivity contribution in [1.82, 2.24) is 14.5 Å². The van der Waals surface area contributed by atoms with Gasteiger partial charge in [0.1, 0.15) is 11.9 Å². The highest BCUT2D eigenvalue weighted by atomic mass is 32.2. The Labute approximate surface area is 178 Å². The number of nitrogens with zero attached hydrogens (tertiary/aromatic N) is 3. The third-order valence-electron chi connectivity index (χ3n) is 6.23. The van der Waals surface area contributed by atoms with E-state index in [9.17, 15) is 13.2 Å². The molecule has 4 rings (SSSR count). The molecule has 0 radical (unpaired) electrons. The van der Waals surface area contributed by atoms with E-state index in [0.717, 1.165) is 58.8 Å². The zero-order valence-corrected chi connectivity index (χ0v) is 18.2. The highest BCUT2D eigenvalue weighted by Gasteiger charge is 2.32. The van der Waals surface area contributed by atoms with Gasteiger partial charge in [-0.2, -0.15) is 0 Å². The number of hydrogen-bond donors (Lipinski definition) is 1. The Kier molecular flexibility index (Phi) is 6.40. The number of carbonyl (C=O) groups is 1. The van der Waals surface area contributed by atoms with E-state index < -0.39 is 16.1 Å². The highest BCUT2D eigenvalue weighted by Crippen LogP contribution is 2.24. The number of fused-ring (bicyclic) bond motifs is 1. The van der Waals surface area contributed by atoms with Crippen LogP contribution in [0.5, 0.6) is 0 Å². The highest BCUT2D eigenvalue weighted by molar-refractivity contribution is 7.90. The number of amides is 1. The summed E-state index contributed by atoms with van der Waals surface area (Å²) in [4.78, 5) is 21.9. The van der Waals surface area contributed by atoms with Gasteiger partial charge in [-0.05, 0) is 50.8 Å². The Balaban J connectivity index is 1.31. The van der Waals surface area contributed by atoms with E-state index >= 15 is 0 Å². The molecule has 1 amide bonds. The molecule has 9 heteroatoms. The van der Waals surface area contributed by atoms with Crippen molar-refractivity contribution < 1.29 is 17.9 Å². The van der Waals surface area contributed by atoms with Crippen LogP contribution in [0.2, 0.25) is 0 Å². The van der Waals surface area contributed by atoms with Crippen LogP contribution in [0.1, 0.15) is 31.7 Å². The molecule has 0 bridgehead atoms. The average Bonchev–Trinajstić information content (AvgIpc) is 3.03. The lowest BCUT2D eigenvalue weighted by molar-refractivity contribution is -0.133. The van der Waals surface area contributed by atoms with Gasteiger partial charge in [0.05, 0.1) is 18.1 Å². The van der Waals surface area contributed by atoms with Gasteiger partial charge in [0.2, 0.25) is 5.91 Å². The minimum absolute atomic E-state index is 0.0438. The normalized spacial score (nSPS) is 24.4. The Hall–Kier alpha value is -1.97. The van der Waals surface area contributed by atoms with Crippen molar-refractivity contribution in [2.45, 2.75) is 37.1 Å². The lowest BCUT2D eigenvalue weighted by Crippen LogP contribution is -2.44. The van der Waals surface area contributed by atoms with Gasteiger partial charge >= 0.3 is 0 Å². The number of carbonyl (C=O) groups excluding carboxylic acids is 1. The summed E-state index contributed by atoms with van der Waals surface area (Å²) < 4.78 is 32.3. The summed E-state index contributed by atoms with van der Waals surface area (Å²) in [5.74, 6) is 0.858. The molecule has 0 unspecified atom stereocenters. The lowest BCUT2D eigenvalue weighted by atomic mass is 9.93. The number of benzene rings is 1. The second-order valence-corrected chi connectivity index (χ2v) is 9.92. The predicted octanol–water partition coefficient (Wildman–Crippen LogP) is 1.07. The summed E-state index contributed by atoms with van der Waals surface area (Å²) in [6, 6.07) is 6.08. The summed E-state index contributed by atoms with van der Waals surface area (Å²) in [5, 5.41) is 0. The number of nitrogens with one attached hydrogen (secondary N) is 1. The molecule has 0 saturated carbocycles. The number of hydrogen-bond acceptors (Lipinski definition) is 6. The zero-order valence-electron chi connectivity index (χ0n) is 17.4. The number of ether oxygens (including phenoxy) is 1. The molecule has 2 fully saturated rings. The third-order valence-corrected chi connectivity index (χ3v) is 7.62. The molecule has 0 spiro atoms. The molecular weight excluding hydrogens is 404 g/mol. The first kappa shape index (κ1) is 21.3. The van der Waals surface area contributed by atoms with Crippen molar-refractivity contribution in [2.75, 3.05) is 45.9 Å². The van der Waals surface area contributed by atoms with Crippen LogP contribution < -0.4 is 4.72 Å². The molecule has 1 atom stereocenters. The predicted molar refractivity (Wildman–Crippen MR) is 114 cm³/mol. The first-order valence-corrected chi connectivity index (χ1v) is 12.2. The number of rotatable bonds is 5. The fraction of sp³-hybridized carbons (Fsp3) is 0.619. The molecule has 0 aliphatic carbocycles. The fourth-order valence-corrected chi connectivity index (χ4v) is 5.61. The number of piperidine rings is 1. The average molecular weight is 435 g/mol. The van der Waals surface area contributed by atoms with E-state index in [1.807, 2.05) is 4.90 Å². The van der Waals surface area contributed by atoms with Gasteiger partial charge in [0, 0.05) is 31.7 Å². The largest absolute Gasteiger partial charge is 0.379 e. The first-order valence-electron chi connectivity index (χ1n) is 10.7. The van der Waals surface area contributed by atoms with Gasteiger partial charge in [0.15, 0.2) is 0 Å². The molecule has 1 N–H and O–H groups in total. The smallest absolute Gasteiger partial charge is 0.263 e. The number of aliphatic imine (C=N–C) groups is 1. The minimum atomic E-state index is -3.59. The van der Waals surface area contributed by atoms with Gasteiger partial charge in [-0.25, -0.2) is 8.42 Å². The maximum absolute atomic E-state index is 12.9. The molecule has 164 valence electrons. The van der Waals surface area contributed by atoms with Gasteiger partial charge < -0.3 is 9.64 Å². The second-order valence-electron chi connectivity index (χ2n) is 8.27. The summed E-state index contributed by atoms with van der Waals surface area (Å²) in [5.41, 5.74) is 0.527. The Bertz CT molecular complexity index is 903. The van der Waals surface area contributed by atoms with Crippen LogP contribution in [-0.4, -0.2) is 81.9 Å². The van der Waals surface area contributed by atoms with E-state index in [1.165, 1.54) is 6.42 Å². The summed E-state index contributed by atoms with van der Waals surface area (Å²) >= 11 is 0. The minimum Gasteiger partial charge on any atom is -0.379 e. The Morgan fingerprint density at radius 2 is 1.90 bits per heavy atom. The van der Waals surface area contributed by atoms with Gasteiger partial charge in [-0.1, -0.05) is 12.1 Å². The molecule has 8 nitrogen and oxygen atoms in total. The number of likely N-dealkylation sites (tertiary alicyclic amines) is 1. The lowest BCUT2D eigenvalue weighted by Gasteiger charge is -2.34. The molecule has 3 aliphatic rings. The molecule has 3 heterocycles. The van der Waals surface area contributed by atoms with E-state index in [0.29, 0.717) is 11.5 Å². The van der Waals surface area contributed by atoms with E-state index in [1.54, 1.807) is 31.2 Å². The first-order chi connectivity index (χ1) is 14.4.